The van der Waals surface area contributed by atoms with E-state index in [4.69, 9.17) is 33.7 Å². The van der Waals surface area contributed by atoms with Gasteiger partial charge in [-0.3, -0.25) is 4.79 Å². The number of halogens is 2. The Balaban J connectivity index is 3.19. The summed E-state index contributed by atoms with van der Waals surface area (Å²) in [5.74, 6) is -1.64. The zero-order valence-electron chi connectivity index (χ0n) is 12.5. The van der Waals surface area contributed by atoms with E-state index in [0.717, 1.165) is 0 Å². The van der Waals surface area contributed by atoms with Crippen molar-refractivity contribution >= 4 is 47.1 Å². The van der Waals surface area contributed by atoms with Gasteiger partial charge in [0.1, 0.15) is 5.57 Å². The summed E-state index contributed by atoms with van der Waals surface area (Å²) in [7, 11) is 0. The molecule has 0 aromatic heterocycles. The van der Waals surface area contributed by atoms with Crippen LogP contribution in [0.2, 0.25) is 10.0 Å². The molecule has 0 saturated carbocycles. The van der Waals surface area contributed by atoms with E-state index in [1.807, 2.05) is 0 Å². The van der Waals surface area contributed by atoms with Crippen molar-refractivity contribution in [1.82, 2.24) is 0 Å². The highest BCUT2D eigenvalue weighted by molar-refractivity contribution is 6.43. The normalized spacial score (nSPS) is 11.3. The summed E-state index contributed by atoms with van der Waals surface area (Å²) in [4.78, 5) is 34.8. The first-order valence-corrected chi connectivity index (χ1v) is 7.30. The molecule has 0 atom stereocenters. The van der Waals surface area contributed by atoms with Crippen LogP contribution in [0.4, 0.5) is 4.79 Å². The third-order valence-electron chi connectivity index (χ3n) is 2.49. The van der Waals surface area contributed by atoms with Crippen molar-refractivity contribution in [3.8, 4) is 0 Å². The molecule has 0 heterocycles. The molecule has 1 rings (SSSR count). The molecule has 6 nitrogen and oxygen atoms in total. The van der Waals surface area contributed by atoms with Crippen LogP contribution in [0.5, 0.6) is 0 Å². The van der Waals surface area contributed by atoms with E-state index < -0.39 is 30.6 Å². The van der Waals surface area contributed by atoms with E-state index in [0.29, 0.717) is 5.56 Å². The average Bonchev–Trinajstić information content (AvgIpc) is 2.45. The summed E-state index contributed by atoms with van der Waals surface area (Å²) in [6, 6.07) is 4.74. The first-order chi connectivity index (χ1) is 10.7. The number of hydrogen-bond acceptors (Lipinski definition) is 5. The minimum atomic E-state index is -1.13. The predicted molar refractivity (Wildman–Crippen MR) is 86.2 cm³/mol. The highest BCUT2D eigenvalue weighted by Crippen LogP contribution is 2.27. The molecule has 0 unspecified atom stereocenters. The van der Waals surface area contributed by atoms with Gasteiger partial charge in [0.05, 0.1) is 16.1 Å². The van der Waals surface area contributed by atoms with Gasteiger partial charge in [0.2, 0.25) is 5.78 Å². The van der Waals surface area contributed by atoms with E-state index in [9.17, 15) is 14.4 Å². The van der Waals surface area contributed by atoms with Gasteiger partial charge in [0, 0.05) is 0 Å². The second-order valence-electron chi connectivity index (χ2n) is 4.69. The van der Waals surface area contributed by atoms with Gasteiger partial charge in [-0.25, -0.2) is 9.59 Å². The van der Waals surface area contributed by atoms with Crippen LogP contribution in [0.15, 0.2) is 23.8 Å². The van der Waals surface area contributed by atoms with Crippen molar-refractivity contribution in [2.24, 2.45) is 5.73 Å². The molecular weight excluding hydrogens is 345 g/mol. The topological polar surface area (TPSA) is 95.7 Å². The molecule has 8 heteroatoms. The number of amides is 1. The monoisotopic (exact) mass is 359 g/mol. The molecule has 124 valence electrons. The second kappa shape index (κ2) is 8.55. The molecule has 0 fully saturated rings. The van der Waals surface area contributed by atoms with Crippen molar-refractivity contribution in [1.29, 1.82) is 0 Å². The molecule has 1 aromatic carbocycles. The number of ether oxygens (including phenoxy) is 2. The average molecular weight is 360 g/mol. The van der Waals surface area contributed by atoms with Crippen LogP contribution in [0.1, 0.15) is 19.4 Å². The molecule has 1 aromatic rings. The van der Waals surface area contributed by atoms with E-state index in [-0.39, 0.29) is 15.6 Å². The Morgan fingerprint density at radius 1 is 1.26 bits per heavy atom. The lowest BCUT2D eigenvalue weighted by molar-refractivity contribution is -0.144. The van der Waals surface area contributed by atoms with Crippen molar-refractivity contribution in [3.05, 3.63) is 39.4 Å². The van der Waals surface area contributed by atoms with Gasteiger partial charge < -0.3 is 15.2 Å². The van der Waals surface area contributed by atoms with E-state index >= 15 is 0 Å². The highest BCUT2D eigenvalue weighted by atomic mass is 35.5. The fourth-order valence-electron chi connectivity index (χ4n) is 1.53. The van der Waals surface area contributed by atoms with Gasteiger partial charge in [0.25, 0.3) is 0 Å². The fraction of sp³-hybridized carbons (Fsp3) is 0.267. The largest absolute Gasteiger partial charge is 0.459 e. The Kier molecular flexibility index (Phi) is 7.06. The van der Waals surface area contributed by atoms with Crippen LogP contribution in [-0.2, 0) is 19.1 Å². The smallest absolute Gasteiger partial charge is 0.404 e. The maximum absolute atomic E-state index is 12.1. The van der Waals surface area contributed by atoms with Crippen molar-refractivity contribution in [2.45, 2.75) is 20.0 Å². The number of esters is 1. The van der Waals surface area contributed by atoms with Crippen LogP contribution in [-0.4, -0.2) is 30.6 Å². The maximum Gasteiger partial charge on any atom is 0.404 e. The van der Waals surface area contributed by atoms with E-state index in [1.54, 1.807) is 32.0 Å². The second-order valence-corrected chi connectivity index (χ2v) is 5.47. The lowest BCUT2D eigenvalue weighted by Gasteiger charge is -2.11. The van der Waals surface area contributed by atoms with Crippen LogP contribution < -0.4 is 5.73 Å². The van der Waals surface area contributed by atoms with Crippen LogP contribution in [0.25, 0.3) is 6.08 Å². The number of hydrogen-bond donors (Lipinski definition) is 1. The fourth-order valence-corrected chi connectivity index (χ4v) is 1.90. The van der Waals surface area contributed by atoms with Gasteiger partial charge >= 0.3 is 12.1 Å². The molecule has 0 saturated heterocycles. The lowest BCUT2D eigenvalue weighted by atomic mass is 10.1. The molecule has 0 bridgehead atoms. The zero-order chi connectivity index (χ0) is 17.6. The summed E-state index contributed by atoms with van der Waals surface area (Å²) in [6.45, 7) is 2.57. The number of carbonyl (C=O) groups is 3. The minimum absolute atomic E-state index is 0.174. The summed E-state index contributed by atoms with van der Waals surface area (Å²) in [5.41, 5.74) is 4.83. The van der Waals surface area contributed by atoms with Gasteiger partial charge in [0.15, 0.2) is 6.61 Å². The van der Waals surface area contributed by atoms with Crippen molar-refractivity contribution < 1.29 is 23.9 Å². The number of carbonyl (C=O) groups excluding carboxylic acids is 3. The molecule has 23 heavy (non-hydrogen) atoms. The van der Waals surface area contributed by atoms with Crippen LogP contribution in [0.3, 0.4) is 0 Å². The van der Waals surface area contributed by atoms with Crippen LogP contribution >= 0.6 is 23.2 Å². The quantitative estimate of drug-likeness (QED) is 0.364. The minimum Gasteiger partial charge on any atom is -0.459 e. The summed E-state index contributed by atoms with van der Waals surface area (Å²) >= 11 is 11.9. The predicted octanol–water partition coefficient (Wildman–Crippen LogP) is 2.99. The Labute approximate surface area is 143 Å². The molecule has 0 radical (unpaired) electrons. The molecule has 0 spiro atoms. The summed E-state index contributed by atoms with van der Waals surface area (Å²) < 4.78 is 9.42. The lowest BCUT2D eigenvalue weighted by Crippen LogP contribution is -2.25. The van der Waals surface area contributed by atoms with Gasteiger partial charge in [-0.15, -0.1) is 0 Å². The first kappa shape index (κ1) is 19.0. The molecule has 2 N–H and O–H groups in total. The third kappa shape index (κ3) is 5.92. The Morgan fingerprint density at radius 3 is 2.48 bits per heavy atom. The number of nitrogens with two attached hydrogens (primary N) is 1. The number of benzene rings is 1. The van der Waals surface area contributed by atoms with Crippen molar-refractivity contribution in [2.75, 3.05) is 6.61 Å². The SMILES string of the molecule is CC(C)OC(=O)/C(=C\c1cccc(Cl)c1Cl)C(=O)COC(N)=O. The van der Waals surface area contributed by atoms with Crippen molar-refractivity contribution in [3.63, 3.8) is 0 Å². The summed E-state index contributed by atoms with van der Waals surface area (Å²) in [6.07, 6.45) is -0.340. The third-order valence-corrected chi connectivity index (χ3v) is 3.32. The molecule has 0 aliphatic carbocycles. The summed E-state index contributed by atoms with van der Waals surface area (Å²) in [5, 5.41) is 0.436. The molecule has 0 aliphatic rings. The Morgan fingerprint density at radius 2 is 1.91 bits per heavy atom. The zero-order valence-corrected chi connectivity index (χ0v) is 14.0. The maximum atomic E-state index is 12.1. The molecule has 1 amide bonds. The first-order valence-electron chi connectivity index (χ1n) is 6.54. The Bertz CT molecular complexity index is 655. The molecule has 0 aliphatic heterocycles. The number of rotatable bonds is 6. The number of primary amides is 1. The highest BCUT2D eigenvalue weighted by Gasteiger charge is 2.22. The van der Waals surface area contributed by atoms with Gasteiger partial charge in [-0.1, -0.05) is 35.3 Å². The van der Waals surface area contributed by atoms with E-state index in [2.05, 4.69) is 4.74 Å². The number of Topliss-reactive ketones (excluding diaryl/α,β-unsaturated/α-hetero) is 1. The van der Waals surface area contributed by atoms with Gasteiger partial charge in [-0.2, -0.15) is 0 Å². The van der Waals surface area contributed by atoms with Crippen LogP contribution in [0, 0.1) is 0 Å². The molecular formula is C15H15Cl2NO5. The standard InChI is InChI=1S/C15H15Cl2NO5/c1-8(2)23-14(20)10(12(19)7-22-15(18)21)6-9-4-3-5-11(16)13(9)17/h3-6,8H,7H2,1-2H3,(H2,18,21)/b10-6-. The van der Waals surface area contributed by atoms with Gasteiger partial charge in [-0.05, 0) is 31.6 Å². The van der Waals surface area contributed by atoms with E-state index in [1.165, 1.54) is 6.08 Å². The Hall–Kier alpha value is -2.05. The number of ketones is 1.